The van der Waals surface area contributed by atoms with E-state index in [2.05, 4.69) is 20.6 Å². The van der Waals surface area contributed by atoms with Crippen molar-refractivity contribution in [3.8, 4) is 0 Å². The molecule has 1 amide bonds. The molecule has 1 aromatic carbocycles. The van der Waals surface area contributed by atoms with Crippen LogP contribution in [0, 0.1) is 17.6 Å². The van der Waals surface area contributed by atoms with Crippen molar-refractivity contribution in [1.82, 2.24) is 24.4 Å². The molecule has 0 atom stereocenters. The number of likely N-dealkylation sites (tertiary alicyclic amines) is 1. The van der Waals surface area contributed by atoms with Gasteiger partial charge < -0.3 is 15.5 Å². The summed E-state index contributed by atoms with van der Waals surface area (Å²) in [5.41, 5.74) is 1.36. The van der Waals surface area contributed by atoms with Crippen LogP contribution in [0.15, 0.2) is 24.4 Å². The van der Waals surface area contributed by atoms with Crippen LogP contribution in [0.4, 0.5) is 26.4 Å². The molecular formula is C25H31F2N7O. The summed E-state index contributed by atoms with van der Waals surface area (Å²) in [7, 11) is 0. The van der Waals surface area contributed by atoms with E-state index in [-0.39, 0.29) is 29.6 Å². The topological polar surface area (TPSA) is 88.0 Å². The van der Waals surface area contributed by atoms with Crippen molar-refractivity contribution in [3.63, 3.8) is 0 Å². The number of amides is 1. The minimum atomic E-state index is -0.697. The number of carbonyl (C=O) groups is 1. The van der Waals surface area contributed by atoms with Crippen LogP contribution >= 0.6 is 0 Å². The second-order valence-electron chi connectivity index (χ2n) is 9.79. The number of anilines is 3. The van der Waals surface area contributed by atoms with Gasteiger partial charge in [-0.15, -0.1) is 0 Å². The van der Waals surface area contributed by atoms with Gasteiger partial charge in [0.15, 0.2) is 5.65 Å². The van der Waals surface area contributed by atoms with E-state index in [1.165, 1.54) is 12.1 Å². The molecule has 0 radical (unpaired) electrons. The molecule has 0 bridgehead atoms. The van der Waals surface area contributed by atoms with E-state index in [0.29, 0.717) is 23.1 Å². The quantitative estimate of drug-likeness (QED) is 0.512. The molecule has 10 heteroatoms. The van der Waals surface area contributed by atoms with Crippen molar-refractivity contribution >= 4 is 34.7 Å². The van der Waals surface area contributed by atoms with Gasteiger partial charge in [0.25, 0.3) is 0 Å². The van der Waals surface area contributed by atoms with Gasteiger partial charge in [0.05, 0.1) is 11.9 Å². The van der Waals surface area contributed by atoms with Gasteiger partial charge in [-0.05, 0) is 64.5 Å². The van der Waals surface area contributed by atoms with Gasteiger partial charge in [0, 0.05) is 37.2 Å². The maximum absolute atomic E-state index is 14.4. The smallest absolute Gasteiger partial charge is 0.225 e. The van der Waals surface area contributed by atoms with Crippen molar-refractivity contribution in [2.75, 3.05) is 23.7 Å². The van der Waals surface area contributed by atoms with Crippen molar-refractivity contribution < 1.29 is 13.6 Å². The van der Waals surface area contributed by atoms with E-state index < -0.39 is 11.6 Å². The number of rotatable bonds is 6. The zero-order chi connectivity index (χ0) is 24.5. The lowest BCUT2D eigenvalue weighted by atomic mass is 9.85. The number of halogens is 2. The first-order valence-corrected chi connectivity index (χ1v) is 12.4. The van der Waals surface area contributed by atoms with Gasteiger partial charge in [-0.25, -0.2) is 18.7 Å². The standard InChI is InChI=1S/C25H31F2N7O/c1-15(2)29-24-28-14-21-22(32-24)34(25(31-21)30-20-10-7-17(26)13-19(20)27)18-8-5-16(6-9-18)23(35)33-11-3-4-12-33/h7,10,13-16,18H,3-6,8-9,11-12H2,1-2H3,(H,30,31)(H,28,29,32)/t16-,18+. The van der Waals surface area contributed by atoms with Gasteiger partial charge in [0.1, 0.15) is 17.2 Å². The Bertz CT molecular complexity index is 1210. The van der Waals surface area contributed by atoms with Gasteiger partial charge in [-0.1, -0.05) is 0 Å². The maximum Gasteiger partial charge on any atom is 0.225 e. The molecule has 2 N–H and O–H groups in total. The summed E-state index contributed by atoms with van der Waals surface area (Å²) >= 11 is 0. The molecule has 3 aromatic rings. The van der Waals surface area contributed by atoms with E-state index in [1.54, 1.807) is 6.20 Å². The summed E-state index contributed by atoms with van der Waals surface area (Å²) in [4.78, 5) is 28.6. The van der Waals surface area contributed by atoms with Crippen LogP contribution in [0.5, 0.6) is 0 Å². The van der Waals surface area contributed by atoms with E-state index in [9.17, 15) is 13.6 Å². The van der Waals surface area contributed by atoms with Crippen LogP contribution < -0.4 is 10.6 Å². The minimum Gasteiger partial charge on any atom is -0.352 e. The summed E-state index contributed by atoms with van der Waals surface area (Å²) in [6.07, 6.45) is 6.96. The fourth-order valence-corrected chi connectivity index (χ4v) is 5.14. The minimum absolute atomic E-state index is 0.0374. The Morgan fingerprint density at radius 3 is 2.51 bits per heavy atom. The SMILES string of the molecule is CC(C)Nc1ncc2nc(Nc3ccc(F)cc3F)n([C@H]3CC[C@@H](C(=O)N4CCCC4)CC3)c2n1. The molecule has 0 unspecified atom stereocenters. The molecule has 1 aliphatic heterocycles. The average Bonchev–Trinajstić information content (AvgIpc) is 3.48. The van der Waals surface area contributed by atoms with Crippen LogP contribution in [-0.4, -0.2) is 49.5 Å². The van der Waals surface area contributed by atoms with E-state index in [1.807, 2.05) is 23.3 Å². The number of hydrogen-bond acceptors (Lipinski definition) is 6. The highest BCUT2D eigenvalue weighted by Crippen LogP contribution is 2.38. The highest BCUT2D eigenvalue weighted by atomic mass is 19.1. The fraction of sp³-hybridized carbons (Fsp3) is 0.520. The molecule has 35 heavy (non-hydrogen) atoms. The Morgan fingerprint density at radius 1 is 1.09 bits per heavy atom. The van der Waals surface area contributed by atoms with Gasteiger partial charge in [-0.2, -0.15) is 4.98 Å². The van der Waals surface area contributed by atoms with Crippen molar-refractivity contribution in [1.29, 1.82) is 0 Å². The molecule has 8 nitrogen and oxygen atoms in total. The molecular weight excluding hydrogens is 452 g/mol. The van der Waals surface area contributed by atoms with E-state index >= 15 is 0 Å². The maximum atomic E-state index is 14.4. The van der Waals surface area contributed by atoms with E-state index in [4.69, 9.17) is 4.98 Å². The second kappa shape index (κ2) is 9.75. The third-order valence-electron chi connectivity index (χ3n) is 6.86. The number of hydrogen-bond donors (Lipinski definition) is 2. The lowest BCUT2D eigenvalue weighted by molar-refractivity contribution is -0.135. The third-order valence-corrected chi connectivity index (χ3v) is 6.86. The zero-order valence-electron chi connectivity index (χ0n) is 20.1. The largest absolute Gasteiger partial charge is 0.352 e. The van der Waals surface area contributed by atoms with Crippen LogP contribution in [0.2, 0.25) is 0 Å². The normalized spacial score (nSPS) is 20.5. The lowest BCUT2D eigenvalue weighted by Crippen LogP contribution is -2.36. The molecule has 1 aliphatic carbocycles. The second-order valence-corrected chi connectivity index (χ2v) is 9.79. The van der Waals surface area contributed by atoms with Crippen LogP contribution in [0.3, 0.4) is 0 Å². The number of nitrogens with one attached hydrogen (secondary N) is 2. The number of benzene rings is 1. The third kappa shape index (κ3) is 4.92. The highest BCUT2D eigenvalue weighted by molar-refractivity contribution is 5.79. The first kappa shape index (κ1) is 23.4. The molecule has 2 aliphatic rings. The first-order valence-electron chi connectivity index (χ1n) is 12.4. The molecule has 1 saturated heterocycles. The fourth-order valence-electron chi connectivity index (χ4n) is 5.14. The Balaban J connectivity index is 1.45. The molecule has 0 spiro atoms. The Morgan fingerprint density at radius 2 is 1.83 bits per heavy atom. The molecule has 5 rings (SSSR count). The number of imidazole rings is 1. The Hall–Kier alpha value is -3.30. The van der Waals surface area contributed by atoms with Crippen molar-refractivity contribution in [2.24, 2.45) is 5.92 Å². The predicted molar refractivity (Wildman–Crippen MR) is 131 cm³/mol. The van der Waals surface area contributed by atoms with E-state index in [0.717, 1.165) is 57.7 Å². The number of nitrogens with zero attached hydrogens (tertiary/aromatic N) is 5. The lowest BCUT2D eigenvalue weighted by Gasteiger charge is -2.32. The highest BCUT2D eigenvalue weighted by Gasteiger charge is 2.33. The number of carbonyl (C=O) groups excluding carboxylic acids is 1. The Labute approximate surface area is 203 Å². The van der Waals surface area contributed by atoms with Gasteiger partial charge in [-0.3, -0.25) is 9.36 Å². The van der Waals surface area contributed by atoms with Crippen LogP contribution in [-0.2, 0) is 4.79 Å². The average molecular weight is 484 g/mol. The summed E-state index contributed by atoms with van der Waals surface area (Å²) in [5.74, 6) is -0.108. The number of fused-ring (bicyclic) bond motifs is 1. The number of aromatic nitrogens is 4. The van der Waals surface area contributed by atoms with Crippen LogP contribution in [0.1, 0.15) is 58.4 Å². The summed E-state index contributed by atoms with van der Waals surface area (Å²) in [5, 5.41) is 6.26. The summed E-state index contributed by atoms with van der Waals surface area (Å²) < 4.78 is 29.9. The van der Waals surface area contributed by atoms with Gasteiger partial charge in [0.2, 0.25) is 17.8 Å². The summed E-state index contributed by atoms with van der Waals surface area (Å²) in [6, 6.07) is 3.60. The molecule has 2 fully saturated rings. The Kier molecular flexibility index (Phi) is 6.53. The first-order chi connectivity index (χ1) is 16.9. The van der Waals surface area contributed by atoms with Crippen LogP contribution in [0.25, 0.3) is 11.2 Å². The molecule has 2 aromatic heterocycles. The van der Waals surface area contributed by atoms with Crippen molar-refractivity contribution in [3.05, 3.63) is 36.0 Å². The molecule has 186 valence electrons. The van der Waals surface area contributed by atoms with Crippen molar-refractivity contribution in [2.45, 2.75) is 64.5 Å². The summed E-state index contributed by atoms with van der Waals surface area (Å²) in [6.45, 7) is 5.75. The zero-order valence-corrected chi connectivity index (χ0v) is 20.1. The monoisotopic (exact) mass is 483 g/mol. The van der Waals surface area contributed by atoms with Gasteiger partial charge >= 0.3 is 0 Å². The molecule has 3 heterocycles. The molecule has 1 saturated carbocycles. The predicted octanol–water partition coefficient (Wildman–Crippen LogP) is 5.02.